The predicted molar refractivity (Wildman–Crippen MR) is 89.1 cm³/mol. The van der Waals surface area contributed by atoms with Crippen molar-refractivity contribution in [1.29, 1.82) is 0 Å². The fraction of sp³-hybridized carbons (Fsp3) is 0.176. The summed E-state index contributed by atoms with van der Waals surface area (Å²) in [7, 11) is 3.15. The topological polar surface area (TPSA) is 69.8 Å². The Balaban J connectivity index is 2.21. The van der Waals surface area contributed by atoms with Gasteiger partial charge in [-0.1, -0.05) is 30.3 Å². The first-order valence-electron chi connectivity index (χ1n) is 7.15. The molecule has 6 heteroatoms. The van der Waals surface area contributed by atoms with Gasteiger partial charge in [-0.3, -0.25) is 9.36 Å². The minimum atomic E-state index is -0.579. The van der Waals surface area contributed by atoms with E-state index in [1.165, 1.54) is 7.05 Å². The van der Waals surface area contributed by atoms with E-state index < -0.39 is 11.2 Å². The molecule has 1 aromatic carbocycles. The second-order valence-corrected chi connectivity index (χ2v) is 5.41. The maximum absolute atomic E-state index is 12.3. The van der Waals surface area contributed by atoms with Crippen molar-refractivity contribution in [2.75, 3.05) is 0 Å². The monoisotopic (exact) mass is 308 g/mol. The Morgan fingerprint density at radius 3 is 2.48 bits per heavy atom. The average molecular weight is 308 g/mol. The van der Waals surface area contributed by atoms with Gasteiger partial charge in [-0.05, 0) is 24.1 Å². The van der Waals surface area contributed by atoms with Crippen LogP contribution in [0.1, 0.15) is 18.2 Å². The van der Waals surface area contributed by atoms with Crippen LogP contribution in [-0.4, -0.2) is 19.1 Å². The van der Waals surface area contributed by atoms with E-state index in [1.807, 2.05) is 43.3 Å². The highest BCUT2D eigenvalue weighted by molar-refractivity contribution is 5.79. The fourth-order valence-corrected chi connectivity index (χ4v) is 2.36. The lowest BCUT2D eigenvalue weighted by Crippen LogP contribution is -2.36. The van der Waals surface area contributed by atoms with E-state index in [0.717, 1.165) is 15.7 Å². The number of benzene rings is 1. The number of aryl methyl sites for hydroxylation is 1. The maximum atomic E-state index is 12.3. The summed E-state index contributed by atoms with van der Waals surface area (Å²) in [6.07, 6.45) is 3.76. The molecular formula is C17H16N4O2. The second kappa shape index (κ2) is 5.64. The van der Waals surface area contributed by atoms with Gasteiger partial charge in [-0.2, -0.15) is 4.98 Å². The van der Waals surface area contributed by atoms with Crippen LogP contribution in [0.15, 0.2) is 46.1 Å². The van der Waals surface area contributed by atoms with Crippen LogP contribution >= 0.6 is 0 Å². The van der Waals surface area contributed by atoms with Gasteiger partial charge in [0.05, 0.1) is 5.69 Å². The predicted octanol–water partition coefficient (Wildman–Crippen LogP) is 1.54. The minimum Gasteiger partial charge on any atom is -0.332 e. The third-order valence-corrected chi connectivity index (χ3v) is 3.68. The molecule has 2 aliphatic heterocycles. The van der Waals surface area contributed by atoms with Crippen molar-refractivity contribution in [3.05, 3.63) is 68.6 Å². The van der Waals surface area contributed by atoms with Crippen molar-refractivity contribution in [2.45, 2.75) is 6.92 Å². The Labute approximate surface area is 132 Å². The summed E-state index contributed by atoms with van der Waals surface area (Å²) in [5.74, 6) is 0.286. The molecule has 23 heavy (non-hydrogen) atoms. The third-order valence-electron chi connectivity index (χ3n) is 3.68. The Morgan fingerprint density at radius 2 is 1.78 bits per heavy atom. The molecule has 2 heterocycles. The summed E-state index contributed by atoms with van der Waals surface area (Å²) in [4.78, 5) is 32.2. The summed E-state index contributed by atoms with van der Waals surface area (Å²) in [5.41, 5.74) is 1.81. The zero-order valence-electron chi connectivity index (χ0n) is 13.1. The first-order valence-corrected chi connectivity index (χ1v) is 7.15. The van der Waals surface area contributed by atoms with Crippen LogP contribution in [0.2, 0.25) is 0 Å². The van der Waals surface area contributed by atoms with E-state index in [0.29, 0.717) is 5.69 Å². The highest BCUT2D eigenvalue weighted by atomic mass is 16.2. The fourth-order valence-electron chi connectivity index (χ4n) is 2.36. The van der Waals surface area contributed by atoms with Gasteiger partial charge < -0.3 is 4.57 Å². The molecule has 1 aromatic rings. The van der Waals surface area contributed by atoms with Crippen molar-refractivity contribution >= 4 is 11.6 Å². The van der Waals surface area contributed by atoms with Gasteiger partial charge >= 0.3 is 5.69 Å². The maximum Gasteiger partial charge on any atom is 0.352 e. The molecule has 0 spiro atoms. The van der Waals surface area contributed by atoms with E-state index in [9.17, 15) is 9.59 Å². The van der Waals surface area contributed by atoms with Crippen molar-refractivity contribution in [3.63, 3.8) is 0 Å². The van der Waals surface area contributed by atoms with E-state index in [4.69, 9.17) is 0 Å². The van der Waals surface area contributed by atoms with Gasteiger partial charge in [0.15, 0.2) is 11.5 Å². The molecule has 0 N–H and O–H groups in total. The zero-order valence-corrected chi connectivity index (χ0v) is 13.1. The molecule has 0 fully saturated rings. The van der Waals surface area contributed by atoms with Crippen LogP contribution in [0, 0.1) is 0 Å². The lowest BCUT2D eigenvalue weighted by molar-refractivity contribution is 0.736. The number of hydrogen-bond acceptors (Lipinski definition) is 4. The largest absolute Gasteiger partial charge is 0.352 e. The van der Waals surface area contributed by atoms with Crippen LogP contribution in [0.4, 0.5) is 0 Å². The molecule has 0 saturated carbocycles. The van der Waals surface area contributed by atoms with E-state index >= 15 is 0 Å². The Bertz CT molecular complexity index is 984. The summed E-state index contributed by atoms with van der Waals surface area (Å²) in [6.45, 7) is 1.93. The summed E-state index contributed by atoms with van der Waals surface area (Å²) in [6, 6.07) is 9.87. The van der Waals surface area contributed by atoms with Gasteiger partial charge in [0.2, 0.25) is 0 Å². The van der Waals surface area contributed by atoms with E-state index in [-0.39, 0.29) is 11.5 Å². The average Bonchev–Trinajstić information content (AvgIpc) is 2.54. The first-order chi connectivity index (χ1) is 11.0. The Morgan fingerprint density at radius 1 is 1.09 bits per heavy atom. The number of allylic oxidation sites excluding steroid dienone is 1. The standard InChI is InChI=1S/C17H16N4O2/c1-11(9-12-7-5-4-6-8-12)13-10-20(2)15-14(18-13)16(22)21(3)17(23)19-15/h4-10H,1-3H3/b11-9+. The SMILES string of the molecule is C/C(=C\c1ccccc1)c1cn(C)c2nc(=O)n(C)c(=O)c-2n1. The van der Waals surface area contributed by atoms with Crippen molar-refractivity contribution < 1.29 is 0 Å². The van der Waals surface area contributed by atoms with Gasteiger partial charge in [-0.15, -0.1) is 0 Å². The Kier molecular flexibility index (Phi) is 3.65. The number of fused-ring (bicyclic) bond motifs is 1. The van der Waals surface area contributed by atoms with Gasteiger partial charge in [-0.25, -0.2) is 9.78 Å². The number of rotatable bonds is 2. The third kappa shape index (κ3) is 2.70. The highest BCUT2D eigenvalue weighted by Crippen LogP contribution is 2.19. The molecule has 0 aliphatic carbocycles. The highest BCUT2D eigenvalue weighted by Gasteiger charge is 2.17. The van der Waals surface area contributed by atoms with E-state index in [1.54, 1.807) is 17.8 Å². The molecule has 3 rings (SSSR count). The lowest BCUT2D eigenvalue weighted by atomic mass is 10.1. The number of hydrogen-bond donors (Lipinski definition) is 0. The summed E-state index contributed by atoms with van der Waals surface area (Å²) in [5, 5.41) is 0. The quantitative estimate of drug-likeness (QED) is 0.720. The van der Waals surface area contributed by atoms with Crippen LogP contribution < -0.4 is 11.2 Å². The second-order valence-electron chi connectivity index (χ2n) is 5.41. The van der Waals surface area contributed by atoms with Gasteiger partial charge in [0.1, 0.15) is 0 Å². The van der Waals surface area contributed by atoms with E-state index in [2.05, 4.69) is 9.97 Å². The summed E-state index contributed by atoms with van der Waals surface area (Å²) < 4.78 is 2.62. The van der Waals surface area contributed by atoms with Gasteiger partial charge in [0, 0.05) is 20.3 Å². The summed E-state index contributed by atoms with van der Waals surface area (Å²) >= 11 is 0. The molecule has 0 aromatic heterocycles. The Hall–Kier alpha value is -3.02. The molecule has 2 aliphatic rings. The molecule has 0 bridgehead atoms. The smallest absolute Gasteiger partial charge is 0.332 e. The lowest BCUT2D eigenvalue weighted by Gasteiger charge is -2.12. The van der Waals surface area contributed by atoms with Crippen molar-refractivity contribution in [2.24, 2.45) is 14.1 Å². The van der Waals surface area contributed by atoms with Crippen LogP contribution in [-0.2, 0) is 14.1 Å². The molecule has 0 unspecified atom stereocenters. The molecule has 0 atom stereocenters. The van der Waals surface area contributed by atoms with Crippen LogP contribution in [0.25, 0.3) is 23.2 Å². The van der Waals surface area contributed by atoms with Crippen LogP contribution in [0.3, 0.4) is 0 Å². The molecular weight excluding hydrogens is 292 g/mol. The van der Waals surface area contributed by atoms with Gasteiger partial charge in [0.25, 0.3) is 5.56 Å². The zero-order chi connectivity index (χ0) is 16.6. The normalized spacial score (nSPS) is 11.9. The minimum absolute atomic E-state index is 0.188. The molecule has 6 nitrogen and oxygen atoms in total. The molecule has 116 valence electrons. The molecule has 0 radical (unpaired) electrons. The molecule has 0 amide bonds. The molecule has 0 saturated heterocycles. The number of aromatic nitrogens is 4. The van der Waals surface area contributed by atoms with Crippen LogP contribution in [0.5, 0.6) is 0 Å². The number of nitrogens with zero attached hydrogens (tertiary/aromatic N) is 4. The first kappa shape index (κ1) is 14.9. The van der Waals surface area contributed by atoms with Crippen molar-refractivity contribution in [1.82, 2.24) is 19.1 Å². The van der Waals surface area contributed by atoms with Crippen molar-refractivity contribution in [3.8, 4) is 11.5 Å².